The predicted molar refractivity (Wildman–Crippen MR) is 104 cm³/mol. The van der Waals surface area contributed by atoms with E-state index in [0.717, 1.165) is 30.6 Å². The van der Waals surface area contributed by atoms with Crippen LogP contribution < -0.4 is 0 Å². The standard InChI is InChI=1S/C24H36O2/c1-22(2,3)26-21-10-9-20-23(21,4)12-11-19-18-8-6-15-13-17(25)7-5-16(15)14-24(18,19)20/h13,16,18-21H,5-12,14H2,1-4H3/t16-,18-,19?,20+,21-,23-,24?/m1/s1. The molecule has 26 heavy (non-hydrogen) atoms. The fourth-order valence-electron chi connectivity index (χ4n) is 8.19. The van der Waals surface area contributed by atoms with Crippen LogP contribution in [-0.4, -0.2) is 17.5 Å². The SMILES string of the molecule is CC(C)(C)O[C@@H]1CC[C@@H]2C34C[C@H]5CCC(=O)C=C5CC[C@@H]3C4CC[C@]21C. The van der Waals surface area contributed by atoms with Crippen molar-refractivity contribution in [3.05, 3.63) is 11.6 Å². The van der Waals surface area contributed by atoms with Gasteiger partial charge in [-0.25, -0.2) is 0 Å². The van der Waals surface area contributed by atoms with Crippen LogP contribution >= 0.6 is 0 Å². The van der Waals surface area contributed by atoms with Crippen molar-refractivity contribution in [3.8, 4) is 0 Å². The predicted octanol–water partition coefficient (Wildman–Crippen LogP) is 5.70. The van der Waals surface area contributed by atoms with E-state index in [1.54, 1.807) is 0 Å². The second kappa shape index (κ2) is 5.46. The highest BCUT2D eigenvalue weighted by Crippen LogP contribution is 2.80. The number of ether oxygens (including phenoxy) is 1. The maximum absolute atomic E-state index is 11.9. The molecule has 0 bridgehead atoms. The monoisotopic (exact) mass is 356 g/mol. The van der Waals surface area contributed by atoms with Gasteiger partial charge in [0.15, 0.2) is 5.78 Å². The zero-order valence-corrected chi connectivity index (χ0v) is 17.1. The summed E-state index contributed by atoms with van der Waals surface area (Å²) in [7, 11) is 0. The topological polar surface area (TPSA) is 26.3 Å². The molecule has 0 aliphatic heterocycles. The second-order valence-corrected chi connectivity index (χ2v) is 11.4. The van der Waals surface area contributed by atoms with Crippen molar-refractivity contribution in [2.24, 2.45) is 34.5 Å². The molecular formula is C24H36O2. The van der Waals surface area contributed by atoms with Crippen molar-refractivity contribution in [2.45, 2.75) is 97.2 Å². The summed E-state index contributed by atoms with van der Waals surface area (Å²) < 4.78 is 6.61. The van der Waals surface area contributed by atoms with Crippen LogP contribution in [0.4, 0.5) is 0 Å². The Bertz CT molecular complexity index is 656. The molecule has 1 spiro atoms. The number of rotatable bonds is 1. The third-order valence-corrected chi connectivity index (χ3v) is 9.10. The van der Waals surface area contributed by atoms with Crippen LogP contribution in [-0.2, 0) is 9.53 Å². The number of carbonyl (C=O) groups is 1. The summed E-state index contributed by atoms with van der Waals surface area (Å²) in [6, 6.07) is 0. The Labute approximate surface area is 159 Å². The van der Waals surface area contributed by atoms with Crippen LogP contribution in [0, 0.1) is 34.5 Å². The molecule has 5 aliphatic carbocycles. The fourth-order valence-corrected chi connectivity index (χ4v) is 8.19. The van der Waals surface area contributed by atoms with E-state index in [9.17, 15) is 4.79 Å². The van der Waals surface area contributed by atoms with Gasteiger partial charge in [0.05, 0.1) is 11.7 Å². The first-order valence-electron chi connectivity index (χ1n) is 11.2. The van der Waals surface area contributed by atoms with Gasteiger partial charge < -0.3 is 4.74 Å². The van der Waals surface area contributed by atoms with Crippen molar-refractivity contribution in [3.63, 3.8) is 0 Å². The molecule has 4 saturated carbocycles. The first-order chi connectivity index (χ1) is 12.2. The quantitative estimate of drug-likeness (QED) is 0.602. The lowest BCUT2D eigenvalue weighted by molar-refractivity contribution is -0.125. The molecule has 144 valence electrons. The second-order valence-electron chi connectivity index (χ2n) is 11.4. The maximum Gasteiger partial charge on any atom is 0.155 e. The highest BCUT2D eigenvalue weighted by molar-refractivity contribution is 5.91. The Morgan fingerprint density at radius 3 is 2.58 bits per heavy atom. The minimum atomic E-state index is -0.0386. The molecule has 0 aromatic rings. The molecule has 0 N–H and O–H groups in total. The van der Waals surface area contributed by atoms with Crippen LogP contribution in [0.15, 0.2) is 11.6 Å². The zero-order chi connectivity index (χ0) is 18.3. The lowest BCUT2D eigenvalue weighted by atomic mass is 9.60. The van der Waals surface area contributed by atoms with Gasteiger partial charge in [-0.05, 0) is 113 Å². The van der Waals surface area contributed by atoms with E-state index in [4.69, 9.17) is 4.74 Å². The number of hydrogen-bond acceptors (Lipinski definition) is 2. The van der Waals surface area contributed by atoms with Crippen molar-refractivity contribution in [2.75, 3.05) is 0 Å². The average Bonchev–Trinajstić information content (AvgIpc) is 3.10. The molecule has 0 saturated heterocycles. The van der Waals surface area contributed by atoms with E-state index >= 15 is 0 Å². The minimum absolute atomic E-state index is 0.0386. The molecule has 5 rings (SSSR count). The highest BCUT2D eigenvalue weighted by atomic mass is 16.5. The summed E-state index contributed by atoms with van der Waals surface area (Å²) in [5, 5.41) is 0. The zero-order valence-electron chi connectivity index (χ0n) is 17.1. The van der Waals surface area contributed by atoms with E-state index < -0.39 is 0 Å². The van der Waals surface area contributed by atoms with Gasteiger partial charge in [-0.15, -0.1) is 0 Å². The molecule has 2 unspecified atom stereocenters. The third-order valence-electron chi connectivity index (χ3n) is 9.10. The Morgan fingerprint density at radius 2 is 1.81 bits per heavy atom. The van der Waals surface area contributed by atoms with Crippen molar-refractivity contribution in [1.29, 1.82) is 0 Å². The number of fused-ring (bicyclic) bond motifs is 3. The molecule has 7 atom stereocenters. The number of allylic oxidation sites excluding steroid dienone is 2. The number of ketones is 1. The molecule has 2 heteroatoms. The van der Waals surface area contributed by atoms with E-state index in [1.165, 1.54) is 50.5 Å². The number of hydrogen-bond donors (Lipinski definition) is 0. The summed E-state index contributed by atoms with van der Waals surface area (Å²) in [5.41, 5.74) is 2.43. The Kier molecular flexibility index (Phi) is 3.67. The summed E-state index contributed by atoms with van der Waals surface area (Å²) in [4.78, 5) is 11.9. The Morgan fingerprint density at radius 1 is 1.04 bits per heavy atom. The minimum Gasteiger partial charge on any atom is -0.372 e. The van der Waals surface area contributed by atoms with Gasteiger partial charge in [0.25, 0.3) is 0 Å². The van der Waals surface area contributed by atoms with E-state index in [1.807, 2.05) is 6.08 Å². The van der Waals surface area contributed by atoms with Gasteiger partial charge in [-0.3, -0.25) is 4.79 Å². The van der Waals surface area contributed by atoms with Crippen molar-refractivity contribution in [1.82, 2.24) is 0 Å². The van der Waals surface area contributed by atoms with Gasteiger partial charge in [0.2, 0.25) is 0 Å². The Balaban J connectivity index is 1.45. The summed E-state index contributed by atoms with van der Waals surface area (Å²) in [6.45, 7) is 9.22. The van der Waals surface area contributed by atoms with Crippen LogP contribution in [0.5, 0.6) is 0 Å². The first kappa shape index (κ1) is 17.5. The molecule has 0 aromatic carbocycles. The molecule has 2 nitrogen and oxygen atoms in total. The molecular weight excluding hydrogens is 320 g/mol. The van der Waals surface area contributed by atoms with Crippen LogP contribution in [0.1, 0.15) is 85.5 Å². The Hall–Kier alpha value is -0.630. The summed E-state index contributed by atoms with van der Waals surface area (Å²) in [6.07, 6.45) is 13.7. The molecule has 0 aromatic heterocycles. The lowest BCUT2D eigenvalue weighted by Crippen LogP contribution is -2.44. The summed E-state index contributed by atoms with van der Waals surface area (Å²) in [5.74, 6) is 3.85. The average molecular weight is 357 g/mol. The smallest absolute Gasteiger partial charge is 0.155 e. The van der Waals surface area contributed by atoms with Gasteiger partial charge in [-0.2, -0.15) is 0 Å². The van der Waals surface area contributed by atoms with Gasteiger partial charge in [0.1, 0.15) is 0 Å². The van der Waals surface area contributed by atoms with Crippen molar-refractivity contribution >= 4 is 5.78 Å². The van der Waals surface area contributed by atoms with Crippen molar-refractivity contribution < 1.29 is 9.53 Å². The molecule has 5 aliphatic rings. The highest BCUT2D eigenvalue weighted by Gasteiger charge is 2.74. The van der Waals surface area contributed by atoms with E-state index in [-0.39, 0.29) is 5.60 Å². The largest absolute Gasteiger partial charge is 0.372 e. The fraction of sp³-hybridized carbons (Fsp3) is 0.875. The van der Waals surface area contributed by atoms with E-state index in [0.29, 0.717) is 28.6 Å². The molecule has 0 radical (unpaired) electrons. The van der Waals surface area contributed by atoms with Crippen LogP contribution in [0.25, 0.3) is 0 Å². The van der Waals surface area contributed by atoms with Gasteiger partial charge in [0, 0.05) is 6.42 Å². The van der Waals surface area contributed by atoms with Crippen LogP contribution in [0.2, 0.25) is 0 Å². The van der Waals surface area contributed by atoms with E-state index in [2.05, 4.69) is 27.7 Å². The first-order valence-corrected chi connectivity index (χ1v) is 11.2. The van der Waals surface area contributed by atoms with Gasteiger partial charge in [-0.1, -0.05) is 12.5 Å². The van der Waals surface area contributed by atoms with Crippen LogP contribution in [0.3, 0.4) is 0 Å². The molecule has 0 heterocycles. The molecule has 0 amide bonds. The lowest BCUT2D eigenvalue weighted by Gasteiger charge is -2.47. The number of carbonyl (C=O) groups excluding carboxylic acids is 1. The molecule has 4 fully saturated rings. The maximum atomic E-state index is 11.9. The third kappa shape index (κ3) is 2.36. The normalized spacial score (nSPS) is 50.1. The summed E-state index contributed by atoms with van der Waals surface area (Å²) >= 11 is 0. The van der Waals surface area contributed by atoms with Gasteiger partial charge >= 0.3 is 0 Å².